The van der Waals surface area contributed by atoms with E-state index in [1.807, 2.05) is 35.8 Å². The number of unbranched alkanes of at least 4 members (excludes halogenated alkanes) is 6. The molecule has 0 saturated heterocycles. The average Bonchev–Trinajstić information content (AvgIpc) is 3.26. The highest BCUT2D eigenvalue weighted by Gasteiger charge is 2.22. The molecule has 0 saturated carbocycles. The van der Waals surface area contributed by atoms with Gasteiger partial charge in [0, 0.05) is 17.2 Å². The SMILES string of the molecule is CCCCCCCCCC(=O)NC(C)c1nnc(SCc2ccccc2)n1-c1ccc(Cl)cc1Cl. The molecule has 0 bridgehead atoms. The Bertz CT molecular complexity index is 1070. The van der Waals surface area contributed by atoms with Crippen LogP contribution in [0.25, 0.3) is 5.69 Å². The number of hydrogen-bond acceptors (Lipinski definition) is 4. The standard InChI is InChI=1S/C27H34Cl2N4OS/c1-3-4-5-6-7-8-12-15-25(34)30-20(2)26-31-32-27(35-19-21-13-10-9-11-14-21)33(26)24-17-16-22(28)18-23(24)29/h9-11,13-14,16-18,20H,3-8,12,15,19H2,1-2H3,(H,30,34). The van der Waals surface area contributed by atoms with Crippen LogP contribution in [0.4, 0.5) is 0 Å². The maximum absolute atomic E-state index is 12.6. The Morgan fingerprint density at radius 1 is 1.00 bits per heavy atom. The van der Waals surface area contributed by atoms with Gasteiger partial charge < -0.3 is 5.32 Å². The quantitative estimate of drug-likeness (QED) is 0.168. The van der Waals surface area contributed by atoms with Gasteiger partial charge in [0.05, 0.1) is 16.8 Å². The lowest BCUT2D eigenvalue weighted by Crippen LogP contribution is -2.28. The highest BCUT2D eigenvalue weighted by Crippen LogP contribution is 2.32. The van der Waals surface area contributed by atoms with E-state index >= 15 is 0 Å². The molecule has 3 aromatic rings. The highest BCUT2D eigenvalue weighted by atomic mass is 35.5. The van der Waals surface area contributed by atoms with Crippen molar-refractivity contribution in [2.24, 2.45) is 0 Å². The molecule has 0 spiro atoms. The topological polar surface area (TPSA) is 59.8 Å². The summed E-state index contributed by atoms with van der Waals surface area (Å²) in [6, 6.07) is 15.2. The molecule has 35 heavy (non-hydrogen) atoms. The van der Waals surface area contributed by atoms with Gasteiger partial charge in [0.2, 0.25) is 5.91 Å². The third-order valence-corrected chi connectivity index (χ3v) is 7.33. The molecule has 0 fully saturated rings. The molecule has 0 aliphatic rings. The zero-order valence-electron chi connectivity index (χ0n) is 20.5. The van der Waals surface area contributed by atoms with E-state index < -0.39 is 0 Å². The molecule has 1 N–H and O–H groups in total. The molecule has 2 aromatic carbocycles. The van der Waals surface area contributed by atoms with Crippen molar-refractivity contribution in [2.45, 2.75) is 82.2 Å². The minimum absolute atomic E-state index is 0.0290. The van der Waals surface area contributed by atoms with Gasteiger partial charge >= 0.3 is 0 Å². The first-order valence-corrected chi connectivity index (χ1v) is 14.1. The van der Waals surface area contributed by atoms with Crippen molar-refractivity contribution in [1.82, 2.24) is 20.1 Å². The fourth-order valence-corrected chi connectivity index (χ4v) is 5.29. The van der Waals surface area contributed by atoms with Crippen LogP contribution in [0.15, 0.2) is 53.7 Å². The summed E-state index contributed by atoms with van der Waals surface area (Å²) in [5, 5.41) is 13.8. The number of aromatic nitrogens is 3. The van der Waals surface area contributed by atoms with Gasteiger partial charge in [-0.1, -0.05) is 111 Å². The number of carbonyl (C=O) groups excluding carboxylic acids is 1. The number of benzene rings is 2. The van der Waals surface area contributed by atoms with Gasteiger partial charge in [0.15, 0.2) is 11.0 Å². The van der Waals surface area contributed by atoms with Crippen molar-refractivity contribution in [3.05, 3.63) is 70.0 Å². The Hall–Kier alpha value is -2.02. The molecule has 1 atom stereocenters. The molecule has 1 aromatic heterocycles. The Morgan fingerprint density at radius 2 is 1.71 bits per heavy atom. The van der Waals surface area contributed by atoms with Crippen LogP contribution in [0.1, 0.15) is 82.6 Å². The van der Waals surface area contributed by atoms with Crippen LogP contribution in [0.3, 0.4) is 0 Å². The van der Waals surface area contributed by atoms with Crippen molar-refractivity contribution < 1.29 is 4.79 Å². The van der Waals surface area contributed by atoms with E-state index in [1.165, 1.54) is 37.7 Å². The predicted octanol–water partition coefficient (Wildman–Crippen LogP) is 8.18. The molecule has 0 radical (unpaired) electrons. The molecule has 5 nitrogen and oxygen atoms in total. The number of thioether (sulfide) groups is 1. The Morgan fingerprint density at radius 3 is 2.43 bits per heavy atom. The third kappa shape index (κ3) is 8.55. The number of halogens is 2. The molecule has 3 rings (SSSR count). The number of hydrogen-bond donors (Lipinski definition) is 1. The lowest BCUT2D eigenvalue weighted by Gasteiger charge is -2.17. The van der Waals surface area contributed by atoms with Crippen LogP contribution in [0.2, 0.25) is 10.0 Å². The molecule has 1 unspecified atom stereocenters. The van der Waals surface area contributed by atoms with Crippen LogP contribution in [0, 0.1) is 0 Å². The first-order chi connectivity index (χ1) is 17.0. The van der Waals surface area contributed by atoms with E-state index in [0.717, 1.165) is 24.3 Å². The van der Waals surface area contributed by atoms with Crippen molar-refractivity contribution in [3.8, 4) is 5.69 Å². The first kappa shape index (κ1) is 27.6. The zero-order valence-corrected chi connectivity index (χ0v) is 22.8. The molecule has 188 valence electrons. The summed E-state index contributed by atoms with van der Waals surface area (Å²) in [6.07, 6.45) is 8.77. The van der Waals surface area contributed by atoms with E-state index in [1.54, 1.807) is 23.9 Å². The van der Waals surface area contributed by atoms with Crippen LogP contribution in [-0.2, 0) is 10.5 Å². The largest absolute Gasteiger partial charge is 0.346 e. The van der Waals surface area contributed by atoms with E-state index in [9.17, 15) is 4.79 Å². The minimum Gasteiger partial charge on any atom is -0.346 e. The summed E-state index contributed by atoms with van der Waals surface area (Å²) >= 11 is 14.3. The van der Waals surface area contributed by atoms with Crippen molar-refractivity contribution >= 4 is 40.9 Å². The number of carbonyl (C=O) groups is 1. The van der Waals surface area contributed by atoms with Crippen LogP contribution in [0.5, 0.6) is 0 Å². The summed E-state index contributed by atoms with van der Waals surface area (Å²) in [5.41, 5.74) is 1.92. The van der Waals surface area contributed by atoms with E-state index in [-0.39, 0.29) is 11.9 Å². The van der Waals surface area contributed by atoms with E-state index in [4.69, 9.17) is 23.2 Å². The lowest BCUT2D eigenvalue weighted by molar-refractivity contribution is -0.121. The van der Waals surface area contributed by atoms with Gasteiger partial charge in [0.1, 0.15) is 0 Å². The van der Waals surface area contributed by atoms with Gasteiger partial charge in [-0.3, -0.25) is 9.36 Å². The summed E-state index contributed by atoms with van der Waals surface area (Å²) < 4.78 is 1.92. The monoisotopic (exact) mass is 532 g/mol. The van der Waals surface area contributed by atoms with E-state index in [0.29, 0.717) is 27.4 Å². The van der Waals surface area contributed by atoms with Crippen molar-refractivity contribution in [3.63, 3.8) is 0 Å². The molecule has 8 heteroatoms. The molecular weight excluding hydrogens is 499 g/mol. The average molecular weight is 534 g/mol. The summed E-state index contributed by atoms with van der Waals surface area (Å²) in [4.78, 5) is 12.6. The number of amides is 1. The second-order valence-electron chi connectivity index (χ2n) is 8.71. The maximum atomic E-state index is 12.6. The normalized spacial score (nSPS) is 12.0. The summed E-state index contributed by atoms with van der Waals surface area (Å²) in [6.45, 7) is 4.15. The minimum atomic E-state index is -0.322. The van der Waals surface area contributed by atoms with Gasteiger partial charge in [-0.05, 0) is 37.1 Å². The van der Waals surface area contributed by atoms with Crippen LogP contribution >= 0.6 is 35.0 Å². The van der Waals surface area contributed by atoms with Gasteiger partial charge in [-0.15, -0.1) is 10.2 Å². The number of nitrogens with zero attached hydrogens (tertiary/aromatic N) is 3. The van der Waals surface area contributed by atoms with E-state index in [2.05, 4.69) is 34.6 Å². The van der Waals surface area contributed by atoms with Gasteiger partial charge in [0.25, 0.3) is 0 Å². The van der Waals surface area contributed by atoms with Crippen LogP contribution < -0.4 is 5.32 Å². The maximum Gasteiger partial charge on any atom is 0.220 e. The molecule has 0 aliphatic carbocycles. The molecule has 0 aliphatic heterocycles. The van der Waals surface area contributed by atoms with Crippen LogP contribution in [-0.4, -0.2) is 20.7 Å². The fraction of sp³-hybridized carbons (Fsp3) is 0.444. The third-order valence-electron chi connectivity index (χ3n) is 5.79. The van der Waals surface area contributed by atoms with Gasteiger partial charge in [-0.25, -0.2) is 0 Å². The van der Waals surface area contributed by atoms with Gasteiger partial charge in [-0.2, -0.15) is 0 Å². The predicted molar refractivity (Wildman–Crippen MR) is 147 cm³/mol. The summed E-state index contributed by atoms with van der Waals surface area (Å²) in [5.74, 6) is 1.41. The second kappa shape index (κ2) is 14.5. The summed E-state index contributed by atoms with van der Waals surface area (Å²) in [7, 11) is 0. The molecular formula is C27H34Cl2N4OS. The lowest BCUT2D eigenvalue weighted by atomic mass is 10.1. The smallest absolute Gasteiger partial charge is 0.220 e. The Labute approximate surface area is 223 Å². The Kier molecular flexibility index (Phi) is 11.4. The van der Waals surface area contributed by atoms with Crippen molar-refractivity contribution in [1.29, 1.82) is 0 Å². The fourth-order valence-electron chi connectivity index (χ4n) is 3.89. The molecule has 1 heterocycles. The molecule has 1 amide bonds. The number of nitrogens with one attached hydrogen (secondary N) is 1. The Balaban J connectivity index is 1.69. The highest BCUT2D eigenvalue weighted by molar-refractivity contribution is 7.98. The zero-order chi connectivity index (χ0) is 25.0. The second-order valence-corrected chi connectivity index (χ2v) is 10.5. The number of rotatable bonds is 14. The first-order valence-electron chi connectivity index (χ1n) is 12.4. The van der Waals surface area contributed by atoms with Crippen molar-refractivity contribution in [2.75, 3.05) is 0 Å².